The number of nitrogens with one attached hydrogen (secondary N) is 1. The maximum Gasteiger partial charge on any atom is 0.270 e. The molecule has 7 heteroatoms. The molecule has 6 nitrogen and oxygen atoms in total. The number of rotatable bonds is 4. The second-order valence-electron chi connectivity index (χ2n) is 5.51. The number of nitro groups is 1. The molecule has 1 rings (SSSR count). The van der Waals surface area contributed by atoms with E-state index in [1.807, 2.05) is 20.8 Å². The Kier molecular flexibility index (Phi) is 5.08. The van der Waals surface area contributed by atoms with Crippen molar-refractivity contribution >= 4 is 23.2 Å². The number of hydrogen-bond donors (Lipinski definition) is 2. The quantitative estimate of drug-likeness (QED) is 0.659. The minimum absolute atomic E-state index is 0.0157. The molecule has 0 fully saturated rings. The van der Waals surface area contributed by atoms with E-state index in [1.54, 1.807) is 0 Å². The van der Waals surface area contributed by atoms with Crippen molar-refractivity contribution in [1.82, 2.24) is 5.32 Å². The van der Waals surface area contributed by atoms with Gasteiger partial charge in [0.2, 0.25) is 0 Å². The van der Waals surface area contributed by atoms with Gasteiger partial charge >= 0.3 is 0 Å². The first kappa shape index (κ1) is 16.4. The summed E-state index contributed by atoms with van der Waals surface area (Å²) in [6, 6.07) is 3.64. The molecule has 0 aromatic heterocycles. The summed E-state index contributed by atoms with van der Waals surface area (Å²) < 4.78 is 0. The van der Waals surface area contributed by atoms with Gasteiger partial charge in [-0.2, -0.15) is 0 Å². The van der Waals surface area contributed by atoms with Crippen LogP contribution < -0.4 is 5.32 Å². The van der Waals surface area contributed by atoms with Crippen LogP contribution in [0.15, 0.2) is 18.2 Å². The highest BCUT2D eigenvalue weighted by atomic mass is 35.5. The average Bonchev–Trinajstić information content (AvgIpc) is 2.34. The van der Waals surface area contributed by atoms with E-state index in [4.69, 9.17) is 11.6 Å². The molecule has 1 atom stereocenters. The molecule has 2 N–H and O–H groups in total. The Labute approximate surface area is 121 Å². The maximum absolute atomic E-state index is 11.9. The molecule has 0 aliphatic carbocycles. The van der Waals surface area contributed by atoms with Crippen LogP contribution in [0.25, 0.3) is 0 Å². The van der Waals surface area contributed by atoms with Gasteiger partial charge in [-0.15, -0.1) is 0 Å². The summed E-state index contributed by atoms with van der Waals surface area (Å²) in [5.41, 5.74) is -0.572. The van der Waals surface area contributed by atoms with Crippen molar-refractivity contribution in [3.8, 4) is 0 Å². The van der Waals surface area contributed by atoms with E-state index in [1.165, 1.54) is 12.1 Å². The van der Waals surface area contributed by atoms with Crippen LogP contribution in [0.3, 0.4) is 0 Å². The Morgan fingerprint density at radius 3 is 2.60 bits per heavy atom. The number of carbonyl (C=O) groups excluding carboxylic acids is 1. The van der Waals surface area contributed by atoms with E-state index < -0.39 is 16.9 Å². The molecule has 110 valence electrons. The molecule has 1 aromatic carbocycles. The molecular formula is C13H17ClN2O4. The van der Waals surface area contributed by atoms with E-state index in [-0.39, 0.29) is 28.2 Å². The maximum atomic E-state index is 11.9. The third-order valence-electron chi connectivity index (χ3n) is 2.86. The number of nitrogens with zero attached hydrogens (tertiary/aromatic N) is 1. The van der Waals surface area contributed by atoms with Crippen molar-refractivity contribution in [3.63, 3.8) is 0 Å². The summed E-state index contributed by atoms with van der Waals surface area (Å²) in [7, 11) is 0. The molecule has 20 heavy (non-hydrogen) atoms. The number of halogens is 1. The molecule has 0 saturated heterocycles. The molecule has 1 aromatic rings. The molecular weight excluding hydrogens is 284 g/mol. The fourth-order valence-corrected chi connectivity index (χ4v) is 1.59. The second-order valence-corrected chi connectivity index (χ2v) is 5.92. The summed E-state index contributed by atoms with van der Waals surface area (Å²) in [5.74, 6) is -0.554. The van der Waals surface area contributed by atoms with Crippen LogP contribution in [0.2, 0.25) is 5.02 Å². The van der Waals surface area contributed by atoms with Crippen molar-refractivity contribution in [2.75, 3.05) is 6.54 Å². The molecule has 0 radical (unpaired) electrons. The first-order valence-electron chi connectivity index (χ1n) is 6.03. The highest BCUT2D eigenvalue weighted by molar-refractivity contribution is 6.33. The monoisotopic (exact) mass is 300 g/mol. The number of aliphatic hydroxyl groups is 1. The van der Waals surface area contributed by atoms with Gasteiger partial charge in [-0.25, -0.2) is 0 Å². The predicted molar refractivity (Wildman–Crippen MR) is 75.9 cm³/mol. The van der Waals surface area contributed by atoms with E-state index in [2.05, 4.69) is 5.32 Å². The number of hydrogen-bond acceptors (Lipinski definition) is 4. The lowest BCUT2D eigenvalue weighted by molar-refractivity contribution is -0.384. The summed E-state index contributed by atoms with van der Waals surface area (Å²) in [6.45, 7) is 5.56. The summed E-state index contributed by atoms with van der Waals surface area (Å²) in [5, 5.41) is 23.2. The Morgan fingerprint density at radius 2 is 2.10 bits per heavy atom. The lowest BCUT2D eigenvalue weighted by Crippen LogP contribution is -2.39. The van der Waals surface area contributed by atoms with Crippen molar-refractivity contribution in [2.24, 2.45) is 5.41 Å². The van der Waals surface area contributed by atoms with Gasteiger partial charge in [0, 0.05) is 18.7 Å². The average molecular weight is 301 g/mol. The predicted octanol–water partition coefficient (Wildman–Crippen LogP) is 2.39. The van der Waals surface area contributed by atoms with Gasteiger partial charge in [-0.05, 0) is 11.5 Å². The third kappa shape index (κ3) is 4.18. The van der Waals surface area contributed by atoms with E-state index in [0.717, 1.165) is 6.07 Å². The van der Waals surface area contributed by atoms with Crippen molar-refractivity contribution < 1.29 is 14.8 Å². The second kappa shape index (κ2) is 6.19. The SMILES string of the molecule is CC(C)(C)C(O)CNC(=O)c1cc([N+](=O)[O-])ccc1Cl. The van der Waals surface area contributed by atoms with Gasteiger partial charge in [-0.3, -0.25) is 14.9 Å². The van der Waals surface area contributed by atoms with Crippen molar-refractivity contribution in [3.05, 3.63) is 38.9 Å². The fourth-order valence-electron chi connectivity index (χ4n) is 1.39. The third-order valence-corrected chi connectivity index (χ3v) is 3.19. The summed E-state index contributed by atoms with van der Waals surface area (Å²) >= 11 is 5.86. The number of aliphatic hydroxyl groups excluding tert-OH is 1. The highest BCUT2D eigenvalue weighted by Crippen LogP contribution is 2.22. The van der Waals surface area contributed by atoms with Gasteiger partial charge in [0.15, 0.2) is 0 Å². The molecule has 0 spiro atoms. The lowest BCUT2D eigenvalue weighted by Gasteiger charge is -2.25. The zero-order valence-electron chi connectivity index (χ0n) is 11.5. The minimum Gasteiger partial charge on any atom is -0.391 e. The van der Waals surface area contributed by atoms with Gasteiger partial charge in [-0.1, -0.05) is 32.4 Å². The number of amides is 1. The minimum atomic E-state index is -0.732. The molecule has 0 aliphatic rings. The molecule has 1 unspecified atom stereocenters. The van der Waals surface area contributed by atoms with Gasteiger partial charge in [0.05, 0.1) is 21.6 Å². The van der Waals surface area contributed by atoms with Gasteiger partial charge in [0.25, 0.3) is 11.6 Å². The largest absolute Gasteiger partial charge is 0.391 e. The van der Waals surface area contributed by atoms with Crippen LogP contribution in [0, 0.1) is 15.5 Å². The first-order valence-corrected chi connectivity index (χ1v) is 6.41. The number of benzene rings is 1. The van der Waals surface area contributed by atoms with Crippen molar-refractivity contribution in [2.45, 2.75) is 26.9 Å². The molecule has 1 amide bonds. The first-order chi connectivity index (χ1) is 9.12. The van der Waals surface area contributed by atoms with Gasteiger partial charge < -0.3 is 10.4 Å². The van der Waals surface area contributed by atoms with Crippen LogP contribution in [0.1, 0.15) is 31.1 Å². The van der Waals surface area contributed by atoms with Crippen LogP contribution in [-0.2, 0) is 0 Å². The molecule has 0 heterocycles. The van der Waals surface area contributed by atoms with E-state index >= 15 is 0 Å². The molecule has 0 bridgehead atoms. The summed E-state index contributed by atoms with van der Waals surface area (Å²) in [6.07, 6.45) is -0.732. The van der Waals surface area contributed by atoms with Crippen LogP contribution in [0.4, 0.5) is 5.69 Å². The van der Waals surface area contributed by atoms with E-state index in [0.29, 0.717) is 0 Å². The lowest BCUT2D eigenvalue weighted by atomic mass is 9.89. The van der Waals surface area contributed by atoms with Crippen LogP contribution >= 0.6 is 11.6 Å². The Balaban J connectivity index is 2.83. The highest BCUT2D eigenvalue weighted by Gasteiger charge is 2.23. The Morgan fingerprint density at radius 1 is 1.50 bits per heavy atom. The molecule has 0 aliphatic heterocycles. The van der Waals surface area contributed by atoms with E-state index in [9.17, 15) is 20.0 Å². The van der Waals surface area contributed by atoms with Crippen LogP contribution in [0.5, 0.6) is 0 Å². The topological polar surface area (TPSA) is 92.5 Å². The zero-order chi connectivity index (χ0) is 15.5. The fraction of sp³-hybridized carbons (Fsp3) is 0.462. The summed E-state index contributed by atoms with van der Waals surface area (Å²) in [4.78, 5) is 22.0. The Bertz CT molecular complexity index is 526. The van der Waals surface area contributed by atoms with Gasteiger partial charge in [0.1, 0.15) is 0 Å². The molecule has 0 saturated carbocycles. The zero-order valence-corrected chi connectivity index (χ0v) is 12.3. The number of non-ortho nitro benzene ring substituents is 1. The Hall–Kier alpha value is -1.66. The standard InChI is InChI=1S/C13H17ClN2O4/c1-13(2,3)11(17)7-15-12(18)9-6-8(16(19)20)4-5-10(9)14/h4-6,11,17H,7H2,1-3H3,(H,15,18). The number of nitro benzene ring substituents is 1. The smallest absolute Gasteiger partial charge is 0.270 e. The van der Waals surface area contributed by atoms with Crippen molar-refractivity contribution in [1.29, 1.82) is 0 Å². The van der Waals surface area contributed by atoms with Crippen LogP contribution in [-0.4, -0.2) is 28.6 Å². The number of carbonyl (C=O) groups is 1. The normalized spacial score (nSPS) is 12.8.